The summed E-state index contributed by atoms with van der Waals surface area (Å²) in [4.78, 5) is 2.00. The molecule has 1 aromatic carbocycles. The second-order valence-corrected chi connectivity index (χ2v) is 2.30. The van der Waals surface area contributed by atoms with E-state index in [0.717, 1.165) is 0 Å². The molecule has 0 heterocycles. The van der Waals surface area contributed by atoms with Crippen molar-refractivity contribution in [3.05, 3.63) is 37.8 Å². The zero-order valence-electron chi connectivity index (χ0n) is 7.65. The first kappa shape index (κ1) is 17.2. The van der Waals surface area contributed by atoms with Gasteiger partial charge in [-0.05, 0) is 21.1 Å². The van der Waals surface area contributed by atoms with Crippen molar-refractivity contribution in [2.45, 2.75) is 0 Å². The quantitative estimate of drug-likeness (QED) is 0.657. The molecule has 0 atom stereocenters. The van der Waals surface area contributed by atoms with Crippen LogP contribution >= 0.6 is 0 Å². The van der Waals surface area contributed by atoms with Gasteiger partial charge in [-0.1, -0.05) is 0 Å². The first-order chi connectivity index (χ1) is 4.23. The predicted octanol–water partition coefficient (Wildman–Crippen LogP) is 2.03. The number of rotatable bonds is 0. The van der Waals surface area contributed by atoms with Gasteiger partial charge in [-0.15, -0.1) is 0 Å². The van der Waals surface area contributed by atoms with Crippen LogP contribution in [0.1, 0.15) is 0 Å². The second kappa shape index (κ2) is 12.7. The molecule has 0 aliphatic heterocycles. The summed E-state index contributed by atoms with van der Waals surface area (Å²) in [6.45, 7) is 0. The molecule has 0 amide bonds. The smallest absolute Gasteiger partial charge is 0.358 e. The Bertz CT molecular complexity index is 93.1. The Morgan fingerprint density at radius 2 is 1.27 bits per heavy atom. The molecule has 0 aliphatic rings. The Hall–Kier alpha value is -0.00169. The molecule has 0 spiro atoms. The predicted molar refractivity (Wildman–Crippen MR) is 48.1 cm³/mol. The minimum absolute atomic E-state index is 0. The monoisotopic (exact) mass is 334 g/mol. The maximum Gasteiger partial charge on any atom is 2.00 e. The Labute approximate surface area is 85.0 Å². The van der Waals surface area contributed by atoms with Crippen LogP contribution in [0.3, 0.4) is 0 Å². The van der Waals surface area contributed by atoms with Gasteiger partial charge in [-0.25, -0.2) is 12.1 Å². The van der Waals surface area contributed by atoms with Crippen LogP contribution < -0.4 is 0 Å². The third-order valence-electron chi connectivity index (χ3n) is 0.556. The molecular formula is C9H17NPt. The van der Waals surface area contributed by atoms with E-state index in [1.807, 2.05) is 56.4 Å². The fourth-order valence-corrected chi connectivity index (χ4v) is 0.321. The van der Waals surface area contributed by atoms with Crippen molar-refractivity contribution < 1.29 is 21.1 Å². The topological polar surface area (TPSA) is 3.24 Å². The molecule has 0 N–H and O–H groups in total. The average molecular weight is 334 g/mol. The largest absolute Gasteiger partial charge is 2.00 e. The maximum atomic E-state index is 2.00. The standard InChI is InChI=1S/C5H5.C3H9N.CH3.Pt/c1-2-4-5-3-1;1-4(2)3;;/h1-5H;1-3H3;1H3;/q-1;;-1;+2. The van der Waals surface area contributed by atoms with Gasteiger partial charge in [0.1, 0.15) is 0 Å². The van der Waals surface area contributed by atoms with Crippen LogP contribution in [-0.2, 0) is 21.1 Å². The van der Waals surface area contributed by atoms with Gasteiger partial charge >= 0.3 is 21.1 Å². The molecule has 1 nitrogen and oxygen atoms in total. The molecule has 2 heteroatoms. The van der Waals surface area contributed by atoms with E-state index in [2.05, 4.69) is 0 Å². The van der Waals surface area contributed by atoms with Crippen molar-refractivity contribution in [2.24, 2.45) is 0 Å². The van der Waals surface area contributed by atoms with Crippen LogP contribution in [0.5, 0.6) is 0 Å². The summed E-state index contributed by atoms with van der Waals surface area (Å²) in [7, 11) is 6.00. The molecule has 0 aromatic heterocycles. The fourth-order valence-electron chi connectivity index (χ4n) is 0.321. The van der Waals surface area contributed by atoms with Crippen LogP contribution in [0.25, 0.3) is 0 Å². The van der Waals surface area contributed by atoms with E-state index in [-0.39, 0.29) is 28.5 Å². The summed E-state index contributed by atoms with van der Waals surface area (Å²) in [5.74, 6) is 0. The molecular weight excluding hydrogens is 317 g/mol. The average Bonchev–Trinajstić information content (AvgIpc) is 2.11. The van der Waals surface area contributed by atoms with E-state index in [1.54, 1.807) is 0 Å². The molecule has 0 saturated heterocycles. The van der Waals surface area contributed by atoms with Crippen molar-refractivity contribution in [1.29, 1.82) is 0 Å². The Balaban J connectivity index is -0.000000101. The molecule has 0 aliphatic carbocycles. The van der Waals surface area contributed by atoms with Gasteiger partial charge in [0.25, 0.3) is 0 Å². The van der Waals surface area contributed by atoms with Gasteiger partial charge in [0, 0.05) is 0 Å². The summed E-state index contributed by atoms with van der Waals surface area (Å²) in [5, 5.41) is 0. The Morgan fingerprint density at radius 1 is 1.00 bits per heavy atom. The fraction of sp³-hybridized carbons (Fsp3) is 0.333. The van der Waals surface area contributed by atoms with Crippen molar-refractivity contribution >= 4 is 0 Å². The molecule has 1 aromatic rings. The summed E-state index contributed by atoms with van der Waals surface area (Å²) in [6, 6.07) is 10.0. The van der Waals surface area contributed by atoms with E-state index in [1.165, 1.54) is 0 Å². The van der Waals surface area contributed by atoms with E-state index in [4.69, 9.17) is 0 Å². The van der Waals surface area contributed by atoms with E-state index >= 15 is 0 Å². The van der Waals surface area contributed by atoms with Gasteiger partial charge in [0.05, 0.1) is 0 Å². The molecule has 68 valence electrons. The molecule has 0 bridgehead atoms. The third-order valence-corrected chi connectivity index (χ3v) is 0.556. The third kappa shape index (κ3) is 25.6. The van der Waals surface area contributed by atoms with Gasteiger partial charge in [-0.2, -0.15) is 18.2 Å². The maximum absolute atomic E-state index is 2.00. The SMILES string of the molecule is CN(C)C.[CH3-].[Pt+2].c1cc[cH-]c1. The van der Waals surface area contributed by atoms with E-state index in [0.29, 0.717) is 0 Å². The minimum atomic E-state index is 0. The molecule has 0 fully saturated rings. The van der Waals surface area contributed by atoms with Crippen molar-refractivity contribution in [3.63, 3.8) is 0 Å². The molecule has 0 radical (unpaired) electrons. The van der Waals surface area contributed by atoms with Gasteiger partial charge in [-0.3, -0.25) is 0 Å². The minimum Gasteiger partial charge on any atom is -0.358 e. The van der Waals surface area contributed by atoms with Crippen molar-refractivity contribution in [3.8, 4) is 0 Å². The van der Waals surface area contributed by atoms with Gasteiger partial charge in [0.15, 0.2) is 0 Å². The van der Waals surface area contributed by atoms with Gasteiger partial charge < -0.3 is 12.3 Å². The van der Waals surface area contributed by atoms with Crippen LogP contribution in [0, 0.1) is 7.43 Å². The van der Waals surface area contributed by atoms with Crippen LogP contribution in [0.2, 0.25) is 0 Å². The number of hydrogen-bond donors (Lipinski definition) is 0. The molecule has 0 saturated carbocycles. The summed E-state index contributed by atoms with van der Waals surface area (Å²) < 4.78 is 0. The molecule has 11 heavy (non-hydrogen) atoms. The second-order valence-electron chi connectivity index (χ2n) is 2.30. The number of nitrogens with zero attached hydrogens (tertiary/aromatic N) is 1. The van der Waals surface area contributed by atoms with Crippen molar-refractivity contribution in [1.82, 2.24) is 4.90 Å². The normalized spacial score (nSPS) is 6.91. The zero-order valence-corrected chi connectivity index (χ0v) is 9.92. The van der Waals surface area contributed by atoms with Crippen molar-refractivity contribution in [2.75, 3.05) is 21.1 Å². The van der Waals surface area contributed by atoms with E-state index in [9.17, 15) is 0 Å². The van der Waals surface area contributed by atoms with Gasteiger partial charge in [0.2, 0.25) is 0 Å². The summed E-state index contributed by atoms with van der Waals surface area (Å²) >= 11 is 0. The van der Waals surface area contributed by atoms with Crippen LogP contribution in [0.15, 0.2) is 30.3 Å². The number of hydrogen-bond acceptors (Lipinski definition) is 1. The summed E-state index contributed by atoms with van der Waals surface area (Å²) in [6.07, 6.45) is 0. The van der Waals surface area contributed by atoms with E-state index < -0.39 is 0 Å². The van der Waals surface area contributed by atoms with Crippen LogP contribution in [0.4, 0.5) is 0 Å². The first-order valence-electron chi connectivity index (χ1n) is 3.01. The molecule has 0 unspecified atom stereocenters. The Kier molecular flexibility index (Phi) is 19.8. The molecule has 1 rings (SSSR count). The van der Waals surface area contributed by atoms with Crippen LogP contribution in [-0.4, -0.2) is 26.0 Å². The Morgan fingerprint density at radius 3 is 1.36 bits per heavy atom. The first-order valence-corrected chi connectivity index (χ1v) is 3.01. The zero-order chi connectivity index (χ0) is 7.11. The summed E-state index contributed by atoms with van der Waals surface area (Å²) in [5.41, 5.74) is 0.